The zero-order chi connectivity index (χ0) is 13.0. The van der Waals surface area contributed by atoms with Crippen LogP contribution in [0.3, 0.4) is 0 Å². The van der Waals surface area contributed by atoms with Gasteiger partial charge >= 0.3 is 0 Å². The highest BCUT2D eigenvalue weighted by molar-refractivity contribution is 7.86. The Bertz CT molecular complexity index is 348. The van der Waals surface area contributed by atoms with Gasteiger partial charge in [0.25, 0.3) is 10.2 Å². The van der Waals surface area contributed by atoms with Gasteiger partial charge in [0.05, 0.1) is 0 Å². The van der Waals surface area contributed by atoms with Crippen LogP contribution in [0.5, 0.6) is 0 Å². The smallest absolute Gasteiger partial charge is 0.281 e. The molecule has 0 bridgehead atoms. The number of nitrogens with one attached hydrogen (secondary N) is 1. The lowest BCUT2D eigenvalue weighted by molar-refractivity contribution is 0.227. The molecule has 0 atom stereocenters. The van der Waals surface area contributed by atoms with E-state index in [1.165, 1.54) is 4.31 Å². The van der Waals surface area contributed by atoms with Crippen molar-refractivity contribution < 1.29 is 8.42 Å². The van der Waals surface area contributed by atoms with Gasteiger partial charge in [0.2, 0.25) is 0 Å². The molecule has 7 heteroatoms. The molecule has 0 amide bonds. The van der Waals surface area contributed by atoms with Gasteiger partial charge in [-0.15, -0.1) is 0 Å². The van der Waals surface area contributed by atoms with Crippen LogP contribution in [-0.4, -0.2) is 81.3 Å². The molecule has 106 valence electrons. The van der Waals surface area contributed by atoms with E-state index >= 15 is 0 Å². The van der Waals surface area contributed by atoms with Crippen LogP contribution in [0.15, 0.2) is 0 Å². The number of hydrogen-bond donors (Lipinski definition) is 1. The average molecular weight is 276 g/mol. The lowest BCUT2D eigenvalue weighted by Crippen LogP contribution is -2.48. The van der Waals surface area contributed by atoms with Gasteiger partial charge in [-0.2, -0.15) is 17.0 Å². The monoisotopic (exact) mass is 276 g/mol. The van der Waals surface area contributed by atoms with Crippen molar-refractivity contribution in [3.63, 3.8) is 0 Å². The number of piperazine rings is 1. The molecule has 1 N–H and O–H groups in total. The van der Waals surface area contributed by atoms with Gasteiger partial charge < -0.3 is 5.32 Å². The zero-order valence-electron chi connectivity index (χ0n) is 11.1. The molecule has 0 radical (unpaired) electrons. The third-order valence-electron chi connectivity index (χ3n) is 3.73. The molecule has 2 aliphatic rings. The van der Waals surface area contributed by atoms with Crippen molar-refractivity contribution in [2.75, 3.05) is 59.4 Å². The van der Waals surface area contributed by atoms with Crippen LogP contribution >= 0.6 is 0 Å². The third-order valence-corrected chi connectivity index (χ3v) is 5.71. The van der Waals surface area contributed by atoms with Crippen molar-refractivity contribution in [2.45, 2.75) is 12.8 Å². The van der Waals surface area contributed by atoms with Gasteiger partial charge in [0.1, 0.15) is 0 Å². The Hall–Kier alpha value is -0.210. The molecule has 6 nitrogen and oxygen atoms in total. The van der Waals surface area contributed by atoms with Gasteiger partial charge in [-0.05, 0) is 12.8 Å². The van der Waals surface area contributed by atoms with Crippen LogP contribution in [0.25, 0.3) is 0 Å². The number of likely N-dealkylation sites (N-methyl/N-ethyl adjacent to an activating group) is 1. The van der Waals surface area contributed by atoms with E-state index in [1.54, 1.807) is 11.4 Å². The van der Waals surface area contributed by atoms with Crippen molar-refractivity contribution in [3.8, 4) is 0 Å². The van der Waals surface area contributed by atoms with Gasteiger partial charge in [0.15, 0.2) is 0 Å². The Labute approximate surface area is 110 Å². The van der Waals surface area contributed by atoms with Gasteiger partial charge in [0, 0.05) is 59.4 Å². The Morgan fingerprint density at radius 2 is 1.72 bits per heavy atom. The van der Waals surface area contributed by atoms with Gasteiger partial charge in [-0.1, -0.05) is 0 Å². The van der Waals surface area contributed by atoms with E-state index in [0.29, 0.717) is 19.6 Å². The highest BCUT2D eigenvalue weighted by Gasteiger charge is 2.29. The fourth-order valence-corrected chi connectivity index (χ4v) is 3.87. The maximum atomic E-state index is 12.2. The minimum absolute atomic E-state index is 0.582. The summed E-state index contributed by atoms with van der Waals surface area (Å²) in [5, 5.41) is 3.30. The summed E-state index contributed by atoms with van der Waals surface area (Å²) in [5.74, 6) is 0. The van der Waals surface area contributed by atoms with Crippen LogP contribution in [0, 0.1) is 0 Å². The summed E-state index contributed by atoms with van der Waals surface area (Å²) < 4.78 is 27.6. The predicted octanol–water partition coefficient (Wildman–Crippen LogP) is -0.836. The highest BCUT2D eigenvalue weighted by atomic mass is 32.2. The lowest BCUT2D eigenvalue weighted by atomic mass is 10.3. The molecule has 0 aromatic heterocycles. The largest absolute Gasteiger partial charge is 0.314 e. The van der Waals surface area contributed by atoms with Gasteiger partial charge in [-0.25, -0.2) is 0 Å². The normalized spacial score (nSPS) is 23.9. The first-order chi connectivity index (χ1) is 8.60. The molecule has 0 aromatic rings. The van der Waals surface area contributed by atoms with E-state index in [0.717, 1.165) is 45.6 Å². The molecule has 0 unspecified atom stereocenters. The molecule has 0 aromatic carbocycles. The molecule has 18 heavy (non-hydrogen) atoms. The maximum Gasteiger partial charge on any atom is 0.281 e. The number of hydrogen-bond acceptors (Lipinski definition) is 4. The second kappa shape index (κ2) is 6.29. The summed E-state index contributed by atoms with van der Waals surface area (Å²) in [6.45, 7) is 6.80. The summed E-state index contributed by atoms with van der Waals surface area (Å²) in [6.07, 6.45) is 1.98. The summed E-state index contributed by atoms with van der Waals surface area (Å²) in [6, 6.07) is 0. The van der Waals surface area contributed by atoms with E-state index in [2.05, 4.69) is 10.2 Å². The van der Waals surface area contributed by atoms with Gasteiger partial charge in [-0.3, -0.25) is 4.90 Å². The molecule has 0 saturated carbocycles. The van der Waals surface area contributed by atoms with Crippen LogP contribution in [0.1, 0.15) is 12.8 Å². The summed E-state index contributed by atoms with van der Waals surface area (Å²) in [5.41, 5.74) is 0. The van der Waals surface area contributed by atoms with E-state index in [9.17, 15) is 8.42 Å². The Morgan fingerprint density at radius 3 is 2.33 bits per heavy atom. The minimum atomic E-state index is -3.22. The second-order valence-electron chi connectivity index (χ2n) is 5.03. The number of nitrogens with zero attached hydrogens (tertiary/aromatic N) is 3. The van der Waals surface area contributed by atoms with Crippen molar-refractivity contribution >= 4 is 10.2 Å². The molecule has 0 aliphatic carbocycles. The summed E-state index contributed by atoms with van der Waals surface area (Å²) in [7, 11) is -1.52. The topological polar surface area (TPSA) is 55.9 Å². The molecule has 2 saturated heterocycles. The zero-order valence-corrected chi connectivity index (χ0v) is 12.0. The van der Waals surface area contributed by atoms with Crippen LogP contribution < -0.4 is 5.32 Å². The molecule has 2 heterocycles. The van der Waals surface area contributed by atoms with E-state index in [4.69, 9.17) is 0 Å². The Kier molecular flexibility index (Phi) is 4.97. The Balaban J connectivity index is 1.80. The Morgan fingerprint density at radius 1 is 1.11 bits per heavy atom. The lowest BCUT2D eigenvalue weighted by Gasteiger charge is -2.30. The molecule has 0 spiro atoms. The minimum Gasteiger partial charge on any atom is -0.314 e. The average Bonchev–Trinajstić information content (AvgIpc) is 2.91. The first kappa shape index (κ1) is 14.2. The van der Waals surface area contributed by atoms with Crippen LogP contribution in [-0.2, 0) is 10.2 Å². The van der Waals surface area contributed by atoms with E-state index < -0.39 is 10.2 Å². The summed E-state index contributed by atoms with van der Waals surface area (Å²) in [4.78, 5) is 2.31. The van der Waals surface area contributed by atoms with E-state index in [-0.39, 0.29) is 0 Å². The second-order valence-corrected chi connectivity index (χ2v) is 7.06. The van der Waals surface area contributed by atoms with Crippen molar-refractivity contribution in [1.82, 2.24) is 18.8 Å². The standard InChI is InChI=1S/C11H24N4O2S/c1-13(10-11-14-8-4-12-5-9-14)18(16,17)15-6-2-3-7-15/h12H,2-11H2,1H3. The molecular weight excluding hydrogens is 252 g/mol. The van der Waals surface area contributed by atoms with E-state index in [1.807, 2.05) is 0 Å². The fraction of sp³-hybridized carbons (Fsp3) is 1.00. The van der Waals surface area contributed by atoms with Crippen LogP contribution in [0.4, 0.5) is 0 Å². The quantitative estimate of drug-likeness (QED) is 0.712. The number of rotatable bonds is 5. The first-order valence-electron chi connectivity index (χ1n) is 6.75. The first-order valence-corrected chi connectivity index (χ1v) is 8.15. The predicted molar refractivity (Wildman–Crippen MR) is 71.7 cm³/mol. The van der Waals surface area contributed by atoms with Crippen molar-refractivity contribution in [3.05, 3.63) is 0 Å². The highest BCUT2D eigenvalue weighted by Crippen LogP contribution is 2.15. The molecule has 2 aliphatic heterocycles. The van der Waals surface area contributed by atoms with Crippen molar-refractivity contribution in [1.29, 1.82) is 0 Å². The molecule has 2 fully saturated rings. The fourth-order valence-electron chi connectivity index (χ4n) is 2.45. The maximum absolute atomic E-state index is 12.2. The van der Waals surface area contributed by atoms with Crippen molar-refractivity contribution in [2.24, 2.45) is 0 Å². The molecular formula is C11H24N4O2S. The van der Waals surface area contributed by atoms with Crippen LogP contribution in [0.2, 0.25) is 0 Å². The third kappa shape index (κ3) is 3.42. The summed E-state index contributed by atoms with van der Waals surface area (Å²) >= 11 is 0. The molecule has 2 rings (SSSR count). The SMILES string of the molecule is CN(CCN1CCNCC1)S(=O)(=O)N1CCCC1.